The van der Waals surface area contributed by atoms with Crippen LogP contribution in [0.2, 0.25) is 0 Å². The molecule has 0 unspecified atom stereocenters. The molecule has 0 spiro atoms. The van der Waals surface area contributed by atoms with Gasteiger partial charge in [0, 0.05) is 15.6 Å². The van der Waals surface area contributed by atoms with Gasteiger partial charge in [0.2, 0.25) is 0 Å². The monoisotopic (exact) mass is 638 g/mol. The van der Waals surface area contributed by atoms with Crippen molar-refractivity contribution in [1.29, 1.82) is 0 Å². The molecule has 0 aliphatic carbocycles. The van der Waals surface area contributed by atoms with Crippen LogP contribution in [0.5, 0.6) is 17.2 Å². The van der Waals surface area contributed by atoms with E-state index in [2.05, 4.69) is 27.9 Å². The molecule has 1 saturated heterocycles. The zero-order valence-electron chi connectivity index (χ0n) is 21.9. The van der Waals surface area contributed by atoms with Crippen LogP contribution in [-0.4, -0.2) is 34.9 Å². The van der Waals surface area contributed by atoms with E-state index in [1.165, 1.54) is 0 Å². The van der Waals surface area contributed by atoms with E-state index in [0.717, 1.165) is 37.9 Å². The summed E-state index contributed by atoms with van der Waals surface area (Å²) in [5.74, 6) is 0.932. The summed E-state index contributed by atoms with van der Waals surface area (Å²) in [7, 11) is 1.55. The highest BCUT2D eigenvalue weighted by atomic mass is 79.9. The Morgan fingerprint density at radius 3 is 2.50 bits per heavy atom. The standard InChI is InChI=1S/C30H27BrN2O5S2/c1-4-6-22-15-20(16-25(37-5-2)27(22)38-18-19-7-11-23(31)12-8-19)17-26-29(35)33(30(39)40-26)32-28(34)21-9-13-24(36-3)14-10-21/h4,7-17H,1,5-6,18H2,2-3H3,(H,32,34)/b26-17-. The fourth-order valence-corrected chi connectivity index (χ4v) is 5.30. The van der Waals surface area contributed by atoms with Gasteiger partial charge in [0.1, 0.15) is 12.4 Å². The Kier molecular flexibility index (Phi) is 10.0. The highest BCUT2D eigenvalue weighted by molar-refractivity contribution is 9.10. The largest absolute Gasteiger partial charge is 0.497 e. The van der Waals surface area contributed by atoms with Crippen molar-refractivity contribution in [3.63, 3.8) is 0 Å². The first-order valence-electron chi connectivity index (χ1n) is 12.3. The average Bonchev–Trinajstić information content (AvgIpc) is 3.21. The summed E-state index contributed by atoms with van der Waals surface area (Å²) < 4.78 is 18.5. The second kappa shape index (κ2) is 13.6. The smallest absolute Gasteiger partial charge is 0.285 e. The summed E-state index contributed by atoms with van der Waals surface area (Å²) in [4.78, 5) is 26.3. The topological polar surface area (TPSA) is 77.1 Å². The quantitative estimate of drug-likeness (QED) is 0.142. The molecule has 0 aromatic heterocycles. The fraction of sp³-hybridized carbons (Fsp3) is 0.167. The Hall–Kier alpha value is -3.60. The molecule has 0 saturated carbocycles. The van der Waals surface area contributed by atoms with Crippen LogP contribution in [0.15, 0.2) is 82.7 Å². The third-order valence-electron chi connectivity index (χ3n) is 5.77. The number of hydrogen-bond acceptors (Lipinski definition) is 7. The molecular weight excluding hydrogens is 612 g/mol. The lowest BCUT2D eigenvalue weighted by molar-refractivity contribution is -0.123. The number of ether oxygens (including phenoxy) is 3. The molecule has 40 heavy (non-hydrogen) atoms. The zero-order chi connectivity index (χ0) is 28.6. The minimum Gasteiger partial charge on any atom is -0.497 e. The highest BCUT2D eigenvalue weighted by Crippen LogP contribution is 2.37. The highest BCUT2D eigenvalue weighted by Gasteiger charge is 2.34. The number of halogens is 1. The molecule has 1 aliphatic heterocycles. The Morgan fingerprint density at radius 1 is 1.12 bits per heavy atom. The van der Waals surface area contributed by atoms with Gasteiger partial charge in [0.05, 0.1) is 18.6 Å². The van der Waals surface area contributed by atoms with Gasteiger partial charge in [-0.2, -0.15) is 5.01 Å². The van der Waals surface area contributed by atoms with Crippen LogP contribution in [0.25, 0.3) is 6.08 Å². The van der Waals surface area contributed by atoms with Crippen molar-refractivity contribution in [3.8, 4) is 17.2 Å². The van der Waals surface area contributed by atoms with Crippen LogP contribution in [0, 0.1) is 0 Å². The lowest BCUT2D eigenvalue weighted by Crippen LogP contribution is -2.44. The van der Waals surface area contributed by atoms with Crippen LogP contribution in [0.4, 0.5) is 0 Å². The van der Waals surface area contributed by atoms with Gasteiger partial charge in [0.15, 0.2) is 15.8 Å². The van der Waals surface area contributed by atoms with Gasteiger partial charge in [0.25, 0.3) is 11.8 Å². The van der Waals surface area contributed by atoms with Gasteiger partial charge in [-0.3, -0.25) is 15.0 Å². The van der Waals surface area contributed by atoms with Gasteiger partial charge in [-0.25, -0.2) is 0 Å². The first kappa shape index (κ1) is 29.4. The maximum Gasteiger partial charge on any atom is 0.285 e. The van der Waals surface area contributed by atoms with Gasteiger partial charge in [-0.1, -0.05) is 45.9 Å². The van der Waals surface area contributed by atoms with Crippen LogP contribution in [0.1, 0.15) is 34.0 Å². The molecule has 2 amide bonds. The van der Waals surface area contributed by atoms with Gasteiger partial charge in [-0.05, 0) is 91.3 Å². The van der Waals surface area contributed by atoms with Crippen molar-refractivity contribution in [3.05, 3.63) is 105 Å². The number of hydrogen-bond donors (Lipinski definition) is 1. The van der Waals surface area contributed by atoms with E-state index in [-0.39, 0.29) is 4.32 Å². The Balaban J connectivity index is 1.57. The molecule has 3 aromatic carbocycles. The van der Waals surface area contributed by atoms with Crippen molar-refractivity contribution in [2.24, 2.45) is 0 Å². The second-order valence-electron chi connectivity index (χ2n) is 8.53. The summed E-state index contributed by atoms with van der Waals surface area (Å²) in [5.41, 5.74) is 5.58. The number of allylic oxidation sites excluding steroid dienone is 1. The predicted octanol–water partition coefficient (Wildman–Crippen LogP) is 6.71. The first-order chi connectivity index (χ1) is 19.3. The predicted molar refractivity (Wildman–Crippen MR) is 165 cm³/mol. The molecule has 1 N–H and O–H groups in total. The van der Waals surface area contributed by atoms with Crippen LogP contribution in [-0.2, 0) is 17.8 Å². The fourth-order valence-electron chi connectivity index (χ4n) is 3.86. The molecule has 7 nitrogen and oxygen atoms in total. The van der Waals surface area contributed by atoms with Crippen molar-refractivity contribution >= 4 is 62.1 Å². The SMILES string of the molecule is C=CCc1cc(/C=C2\SC(=S)N(NC(=O)c3ccc(OC)cc3)C2=O)cc(OCC)c1OCc1ccc(Br)cc1. The number of amides is 2. The molecule has 1 fully saturated rings. The number of rotatable bonds is 11. The molecule has 0 atom stereocenters. The van der Waals surface area contributed by atoms with E-state index in [9.17, 15) is 9.59 Å². The number of nitrogens with one attached hydrogen (secondary N) is 1. The molecular formula is C30H27BrN2O5S2. The Morgan fingerprint density at radius 2 is 1.85 bits per heavy atom. The number of nitrogens with zero attached hydrogens (tertiary/aromatic N) is 1. The molecule has 10 heteroatoms. The summed E-state index contributed by atoms with van der Waals surface area (Å²) in [6, 6.07) is 18.2. The number of carbonyl (C=O) groups excluding carboxylic acids is 2. The van der Waals surface area contributed by atoms with Gasteiger partial charge >= 0.3 is 0 Å². The lowest BCUT2D eigenvalue weighted by atomic mass is 10.0. The molecule has 206 valence electrons. The molecule has 0 radical (unpaired) electrons. The van der Waals surface area contributed by atoms with Crippen LogP contribution < -0.4 is 19.6 Å². The molecule has 1 aliphatic rings. The van der Waals surface area contributed by atoms with Crippen molar-refractivity contribution in [1.82, 2.24) is 10.4 Å². The minimum absolute atomic E-state index is 0.226. The number of benzene rings is 3. The van der Waals surface area contributed by atoms with E-state index >= 15 is 0 Å². The van der Waals surface area contributed by atoms with E-state index in [4.69, 9.17) is 26.4 Å². The molecule has 0 bridgehead atoms. The van der Waals surface area contributed by atoms with Crippen LogP contribution >= 0.6 is 39.9 Å². The van der Waals surface area contributed by atoms with Crippen molar-refractivity contribution in [2.45, 2.75) is 20.0 Å². The van der Waals surface area contributed by atoms with E-state index in [0.29, 0.717) is 47.4 Å². The number of hydrazine groups is 1. The summed E-state index contributed by atoms with van der Waals surface area (Å²) in [5, 5.41) is 1.09. The van der Waals surface area contributed by atoms with Crippen molar-refractivity contribution < 1.29 is 23.8 Å². The van der Waals surface area contributed by atoms with Crippen molar-refractivity contribution in [2.75, 3.05) is 13.7 Å². The van der Waals surface area contributed by atoms with Crippen LogP contribution in [0.3, 0.4) is 0 Å². The summed E-state index contributed by atoms with van der Waals surface area (Å²) in [6.45, 7) is 6.58. The Labute approximate surface area is 251 Å². The van der Waals surface area contributed by atoms with E-state index in [1.54, 1.807) is 43.5 Å². The molecule has 4 rings (SSSR count). The Bertz CT molecular complexity index is 1460. The normalized spacial score (nSPS) is 13.9. The van der Waals surface area contributed by atoms with E-state index < -0.39 is 11.8 Å². The molecule has 1 heterocycles. The first-order valence-corrected chi connectivity index (χ1v) is 14.4. The second-order valence-corrected chi connectivity index (χ2v) is 11.1. The zero-order valence-corrected chi connectivity index (χ0v) is 25.2. The minimum atomic E-state index is -0.459. The third kappa shape index (κ3) is 7.12. The van der Waals surface area contributed by atoms with Gasteiger partial charge < -0.3 is 14.2 Å². The third-order valence-corrected chi connectivity index (χ3v) is 7.60. The number of carbonyl (C=O) groups is 2. The lowest BCUT2D eigenvalue weighted by Gasteiger charge is -2.17. The number of thiocarbonyl (C=S) groups is 1. The maximum absolute atomic E-state index is 13.2. The molecule has 3 aromatic rings. The summed E-state index contributed by atoms with van der Waals surface area (Å²) >= 11 is 9.95. The van der Waals surface area contributed by atoms with Gasteiger partial charge in [-0.15, -0.1) is 6.58 Å². The summed E-state index contributed by atoms with van der Waals surface area (Å²) in [6.07, 6.45) is 4.05. The number of methoxy groups -OCH3 is 1. The maximum atomic E-state index is 13.2. The average molecular weight is 640 g/mol. The van der Waals surface area contributed by atoms with E-state index in [1.807, 2.05) is 43.3 Å². The number of thioether (sulfide) groups is 1.